The molecule has 0 aliphatic rings. The van der Waals surface area contributed by atoms with Gasteiger partial charge in [-0.3, -0.25) is 9.20 Å². The van der Waals surface area contributed by atoms with Crippen LogP contribution < -0.4 is 5.32 Å². The highest BCUT2D eigenvalue weighted by molar-refractivity contribution is 5.91. The topological polar surface area (TPSA) is 101 Å². The standard InChI is InChI=1S/C11H8F3N7O/c12-11(13,14)6-1-2-21-8(3-6)18-19-9(21)5-15-10(22)7-4-16-20-17-7/h1-4H,5H2,(H,15,22)(H,16,17,20). The number of nitrogens with zero attached hydrogens (tertiary/aromatic N) is 5. The molecule has 0 saturated carbocycles. The lowest BCUT2D eigenvalue weighted by Gasteiger charge is -2.06. The molecule has 0 aliphatic carbocycles. The van der Waals surface area contributed by atoms with Crippen molar-refractivity contribution in [1.29, 1.82) is 0 Å². The molecular weight excluding hydrogens is 303 g/mol. The molecule has 0 spiro atoms. The molecular formula is C11H8F3N7O. The van der Waals surface area contributed by atoms with Crippen molar-refractivity contribution in [1.82, 2.24) is 35.3 Å². The van der Waals surface area contributed by atoms with Crippen LogP contribution in [0.4, 0.5) is 13.2 Å². The summed E-state index contributed by atoms with van der Waals surface area (Å²) in [6.07, 6.45) is -2.00. The summed E-state index contributed by atoms with van der Waals surface area (Å²) in [6, 6.07) is 1.80. The van der Waals surface area contributed by atoms with E-state index in [0.29, 0.717) is 5.82 Å². The fraction of sp³-hybridized carbons (Fsp3) is 0.182. The molecule has 8 nitrogen and oxygen atoms in total. The Kier molecular flexibility index (Phi) is 3.23. The van der Waals surface area contributed by atoms with Crippen LogP contribution in [0, 0.1) is 0 Å². The van der Waals surface area contributed by atoms with Gasteiger partial charge >= 0.3 is 6.18 Å². The molecule has 0 bridgehead atoms. The molecule has 11 heteroatoms. The number of aromatic nitrogens is 6. The van der Waals surface area contributed by atoms with Gasteiger partial charge in [0.2, 0.25) is 0 Å². The van der Waals surface area contributed by atoms with E-state index in [4.69, 9.17) is 0 Å². The fourth-order valence-corrected chi connectivity index (χ4v) is 1.80. The van der Waals surface area contributed by atoms with Crippen molar-refractivity contribution in [3.05, 3.63) is 41.6 Å². The third-order valence-electron chi connectivity index (χ3n) is 2.86. The van der Waals surface area contributed by atoms with Crippen LogP contribution in [0.3, 0.4) is 0 Å². The summed E-state index contributed by atoms with van der Waals surface area (Å²) in [7, 11) is 0. The number of nitrogens with one attached hydrogen (secondary N) is 2. The average Bonchev–Trinajstić information content (AvgIpc) is 3.13. The second-order valence-corrected chi connectivity index (χ2v) is 4.30. The van der Waals surface area contributed by atoms with Gasteiger partial charge in [0.15, 0.2) is 17.2 Å². The number of fused-ring (bicyclic) bond motifs is 1. The van der Waals surface area contributed by atoms with Crippen molar-refractivity contribution in [2.45, 2.75) is 12.7 Å². The summed E-state index contributed by atoms with van der Waals surface area (Å²) in [4.78, 5) is 11.7. The Hall–Kier alpha value is -2.98. The number of H-pyrrole nitrogens is 1. The van der Waals surface area contributed by atoms with E-state index in [9.17, 15) is 18.0 Å². The van der Waals surface area contributed by atoms with Gasteiger partial charge in [-0.1, -0.05) is 0 Å². The van der Waals surface area contributed by atoms with Crippen molar-refractivity contribution in [2.24, 2.45) is 0 Å². The molecule has 0 saturated heterocycles. The number of hydrogen-bond donors (Lipinski definition) is 2. The number of hydrogen-bond acceptors (Lipinski definition) is 5. The van der Waals surface area contributed by atoms with Gasteiger partial charge < -0.3 is 5.32 Å². The number of alkyl halides is 3. The zero-order chi connectivity index (χ0) is 15.7. The second-order valence-electron chi connectivity index (χ2n) is 4.30. The van der Waals surface area contributed by atoms with E-state index in [-0.39, 0.29) is 17.9 Å². The number of halogens is 3. The Morgan fingerprint density at radius 2 is 2.18 bits per heavy atom. The van der Waals surface area contributed by atoms with Gasteiger partial charge in [0.1, 0.15) is 0 Å². The van der Waals surface area contributed by atoms with Crippen molar-refractivity contribution in [3.8, 4) is 0 Å². The van der Waals surface area contributed by atoms with E-state index >= 15 is 0 Å². The lowest BCUT2D eigenvalue weighted by molar-refractivity contribution is -0.137. The zero-order valence-corrected chi connectivity index (χ0v) is 10.8. The molecule has 3 rings (SSSR count). The summed E-state index contributed by atoms with van der Waals surface area (Å²) in [5, 5.41) is 19.3. The lowest BCUT2D eigenvalue weighted by Crippen LogP contribution is -2.24. The number of aromatic amines is 1. The van der Waals surface area contributed by atoms with Crippen LogP contribution in [0.5, 0.6) is 0 Å². The maximum absolute atomic E-state index is 12.6. The smallest absolute Gasteiger partial charge is 0.343 e. The Labute approximate surface area is 120 Å². The molecule has 114 valence electrons. The molecule has 0 unspecified atom stereocenters. The minimum Gasteiger partial charge on any atom is -0.343 e. The molecule has 3 heterocycles. The van der Waals surface area contributed by atoms with E-state index in [1.807, 2.05) is 0 Å². The largest absolute Gasteiger partial charge is 0.416 e. The first-order valence-electron chi connectivity index (χ1n) is 6.00. The second kappa shape index (κ2) is 5.09. The number of carbonyl (C=O) groups is 1. The molecule has 22 heavy (non-hydrogen) atoms. The van der Waals surface area contributed by atoms with Crippen LogP contribution in [0.15, 0.2) is 24.5 Å². The van der Waals surface area contributed by atoms with Crippen LogP contribution in [-0.4, -0.2) is 35.9 Å². The zero-order valence-electron chi connectivity index (χ0n) is 10.8. The molecule has 2 N–H and O–H groups in total. The minimum absolute atomic E-state index is 0.0157. The Morgan fingerprint density at radius 3 is 2.86 bits per heavy atom. The van der Waals surface area contributed by atoms with E-state index in [0.717, 1.165) is 12.1 Å². The van der Waals surface area contributed by atoms with Gasteiger partial charge in [0.25, 0.3) is 5.91 Å². The average molecular weight is 311 g/mol. The first-order valence-corrected chi connectivity index (χ1v) is 6.00. The van der Waals surface area contributed by atoms with E-state index in [1.54, 1.807) is 0 Å². The highest BCUT2D eigenvalue weighted by atomic mass is 19.4. The molecule has 0 fully saturated rings. The number of carbonyl (C=O) groups excluding carboxylic acids is 1. The van der Waals surface area contributed by atoms with Crippen LogP contribution in [0.2, 0.25) is 0 Å². The van der Waals surface area contributed by atoms with Gasteiger partial charge in [-0.05, 0) is 12.1 Å². The first kappa shape index (κ1) is 14.0. The first-order chi connectivity index (χ1) is 10.4. The third kappa shape index (κ3) is 2.60. The normalized spacial score (nSPS) is 11.8. The molecule has 0 atom stereocenters. The van der Waals surface area contributed by atoms with Crippen LogP contribution in [0.1, 0.15) is 21.9 Å². The Bertz CT molecular complexity index is 809. The third-order valence-corrected chi connectivity index (χ3v) is 2.86. The Morgan fingerprint density at radius 1 is 1.36 bits per heavy atom. The van der Waals surface area contributed by atoms with E-state index in [2.05, 4.69) is 30.9 Å². The summed E-state index contributed by atoms with van der Waals surface area (Å²) in [6.45, 7) is -0.0157. The summed E-state index contributed by atoms with van der Waals surface area (Å²) in [5.41, 5.74) is -0.681. The van der Waals surface area contributed by atoms with Gasteiger partial charge in [-0.25, -0.2) is 0 Å². The minimum atomic E-state index is -4.45. The Balaban J connectivity index is 1.79. The summed E-state index contributed by atoms with van der Waals surface area (Å²) >= 11 is 0. The van der Waals surface area contributed by atoms with Crippen LogP contribution in [-0.2, 0) is 12.7 Å². The summed E-state index contributed by atoms with van der Waals surface area (Å²) < 4.78 is 39.2. The van der Waals surface area contributed by atoms with Gasteiger partial charge in [0.05, 0.1) is 18.3 Å². The fourth-order valence-electron chi connectivity index (χ4n) is 1.80. The van der Waals surface area contributed by atoms with Crippen molar-refractivity contribution in [2.75, 3.05) is 0 Å². The molecule has 1 amide bonds. The van der Waals surface area contributed by atoms with E-state index < -0.39 is 17.6 Å². The summed E-state index contributed by atoms with van der Waals surface area (Å²) in [5.74, 6) is -0.196. The number of rotatable bonds is 3. The number of amides is 1. The maximum atomic E-state index is 12.6. The predicted molar refractivity (Wildman–Crippen MR) is 65.5 cm³/mol. The predicted octanol–water partition coefficient (Wildman–Crippen LogP) is 0.796. The molecule has 0 aliphatic heterocycles. The van der Waals surface area contributed by atoms with E-state index in [1.165, 1.54) is 16.8 Å². The quantitative estimate of drug-likeness (QED) is 0.745. The highest BCUT2D eigenvalue weighted by Crippen LogP contribution is 2.29. The van der Waals surface area contributed by atoms with Crippen molar-refractivity contribution in [3.63, 3.8) is 0 Å². The molecule has 0 radical (unpaired) electrons. The van der Waals surface area contributed by atoms with Gasteiger partial charge in [-0.2, -0.15) is 28.6 Å². The number of pyridine rings is 1. The van der Waals surface area contributed by atoms with Crippen molar-refractivity contribution >= 4 is 11.6 Å². The monoisotopic (exact) mass is 311 g/mol. The molecule has 0 aromatic carbocycles. The maximum Gasteiger partial charge on any atom is 0.416 e. The van der Waals surface area contributed by atoms with Gasteiger partial charge in [-0.15, -0.1) is 10.2 Å². The lowest BCUT2D eigenvalue weighted by atomic mass is 10.2. The van der Waals surface area contributed by atoms with Crippen LogP contribution in [0.25, 0.3) is 5.65 Å². The SMILES string of the molecule is O=C(NCc1nnc2cc(C(F)(F)F)ccn12)c1cn[nH]n1. The van der Waals surface area contributed by atoms with Crippen LogP contribution >= 0.6 is 0 Å². The molecule has 3 aromatic heterocycles. The van der Waals surface area contributed by atoms with Gasteiger partial charge in [0, 0.05) is 6.20 Å². The van der Waals surface area contributed by atoms with Crippen molar-refractivity contribution < 1.29 is 18.0 Å². The highest BCUT2D eigenvalue weighted by Gasteiger charge is 2.31. The molecule has 3 aromatic rings.